The van der Waals surface area contributed by atoms with Gasteiger partial charge < -0.3 is 9.64 Å². The molecule has 0 heterocycles. The van der Waals surface area contributed by atoms with Crippen LogP contribution >= 0.6 is 0 Å². The molecule has 1 amide bonds. The van der Waals surface area contributed by atoms with E-state index < -0.39 is 4.92 Å². The number of ketones is 1. The molecule has 2 aromatic carbocycles. The fraction of sp³-hybridized carbons (Fsp3) is 0.238. The number of non-ortho nitro benzene ring substituents is 1. The van der Waals surface area contributed by atoms with Crippen molar-refractivity contribution in [2.45, 2.75) is 13.8 Å². The first-order chi connectivity index (χ1) is 13.4. The van der Waals surface area contributed by atoms with Gasteiger partial charge >= 0.3 is 0 Å². The Morgan fingerprint density at radius 3 is 2.18 bits per heavy atom. The highest BCUT2D eigenvalue weighted by Gasteiger charge is 2.10. The lowest BCUT2D eigenvalue weighted by atomic mass is 10.1. The highest BCUT2D eigenvalue weighted by atomic mass is 16.6. The molecule has 0 spiro atoms. The van der Waals surface area contributed by atoms with Crippen LogP contribution in [0.4, 0.5) is 5.69 Å². The minimum Gasteiger partial charge on any atom is -0.484 e. The quantitative estimate of drug-likeness (QED) is 0.285. The van der Waals surface area contributed by atoms with Crippen LogP contribution in [0.15, 0.2) is 54.6 Å². The summed E-state index contributed by atoms with van der Waals surface area (Å²) in [6.07, 6.45) is 3.00. The second kappa shape index (κ2) is 10.0. The zero-order valence-corrected chi connectivity index (χ0v) is 15.8. The van der Waals surface area contributed by atoms with E-state index in [0.29, 0.717) is 30.0 Å². The van der Waals surface area contributed by atoms with Gasteiger partial charge in [-0.25, -0.2) is 0 Å². The van der Waals surface area contributed by atoms with Gasteiger partial charge in [-0.15, -0.1) is 0 Å². The van der Waals surface area contributed by atoms with Gasteiger partial charge in [-0.05, 0) is 61.9 Å². The largest absolute Gasteiger partial charge is 0.484 e. The molecule has 0 unspecified atom stereocenters. The van der Waals surface area contributed by atoms with Crippen LogP contribution in [0.2, 0.25) is 0 Å². The average molecular weight is 382 g/mol. The van der Waals surface area contributed by atoms with Crippen molar-refractivity contribution in [3.63, 3.8) is 0 Å². The minimum atomic E-state index is -0.474. The first-order valence-corrected chi connectivity index (χ1v) is 8.92. The molecule has 0 atom stereocenters. The topological polar surface area (TPSA) is 89.8 Å². The summed E-state index contributed by atoms with van der Waals surface area (Å²) >= 11 is 0. The maximum atomic E-state index is 12.2. The van der Waals surface area contributed by atoms with E-state index in [0.717, 1.165) is 0 Å². The Balaban J connectivity index is 1.94. The molecule has 0 aliphatic rings. The van der Waals surface area contributed by atoms with Gasteiger partial charge in [0.1, 0.15) is 5.75 Å². The SMILES string of the molecule is CCN(CC)C(=O)COc1ccc(C(=O)/C=C/c2ccc([N+](=O)[O-])cc2)cc1. The Hall–Kier alpha value is -3.48. The van der Waals surface area contributed by atoms with Crippen molar-refractivity contribution in [1.82, 2.24) is 4.90 Å². The summed E-state index contributed by atoms with van der Waals surface area (Å²) in [6.45, 7) is 5.04. The number of allylic oxidation sites excluding steroid dienone is 1. The molecule has 0 N–H and O–H groups in total. The Labute approximate surface area is 163 Å². The predicted molar refractivity (Wildman–Crippen MR) is 106 cm³/mol. The third-order valence-electron chi connectivity index (χ3n) is 4.15. The molecule has 2 rings (SSSR count). The van der Waals surface area contributed by atoms with Crippen molar-refractivity contribution < 1.29 is 19.2 Å². The molecule has 0 aromatic heterocycles. The summed E-state index contributed by atoms with van der Waals surface area (Å²) in [6, 6.07) is 12.5. The van der Waals surface area contributed by atoms with Crippen LogP contribution in [0.25, 0.3) is 6.08 Å². The maximum absolute atomic E-state index is 12.2. The van der Waals surface area contributed by atoms with E-state index >= 15 is 0 Å². The molecule has 0 radical (unpaired) electrons. The van der Waals surface area contributed by atoms with Gasteiger partial charge in [0.05, 0.1) is 4.92 Å². The number of hydrogen-bond donors (Lipinski definition) is 0. The number of hydrogen-bond acceptors (Lipinski definition) is 5. The number of nitrogens with zero attached hydrogens (tertiary/aromatic N) is 2. The molecule has 146 valence electrons. The van der Waals surface area contributed by atoms with E-state index in [9.17, 15) is 19.7 Å². The highest BCUT2D eigenvalue weighted by Crippen LogP contribution is 2.15. The third-order valence-corrected chi connectivity index (χ3v) is 4.15. The van der Waals surface area contributed by atoms with E-state index in [1.54, 1.807) is 47.4 Å². The minimum absolute atomic E-state index is 0.00135. The number of carbonyl (C=O) groups excluding carboxylic acids is 2. The van der Waals surface area contributed by atoms with E-state index in [2.05, 4.69) is 0 Å². The summed E-state index contributed by atoms with van der Waals surface area (Å²) < 4.78 is 5.47. The fourth-order valence-electron chi connectivity index (χ4n) is 2.50. The van der Waals surface area contributed by atoms with Gasteiger partial charge in [0, 0.05) is 30.8 Å². The summed E-state index contributed by atoms with van der Waals surface area (Å²) in [5.74, 6) is 0.219. The van der Waals surface area contributed by atoms with Gasteiger partial charge in [0.15, 0.2) is 12.4 Å². The van der Waals surface area contributed by atoms with Crippen LogP contribution in [-0.2, 0) is 4.79 Å². The number of carbonyl (C=O) groups is 2. The molecule has 7 nitrogen and oxygen atoms in total. The number of nitro groups is 1. The summed E-state index contributed by atoms with van der Waals surface area (Å²) in [5, 5.41) is 10.6. The molecule has 28 heavy (non-hydrogen) atoms. The van der Waals surface area contributed by atoms with Crippen molar-refractivity contribution in [1.29, 1.82) is 0 Å². The second-order valence-corrected chi connectivity index (χ2v) is 5.93. The standard InChI is InChI=1S/C21H22N2O5/c1-3-22(4-2)21(25)15-28-19-12-8-17(9-13-19)20(24)14-7-16-5-10-18(11-6-16)23(26)27/h5-14H,3-4,15H2,1-2H3/b14-7+. The Morgan fingerprint density at radius 1 is 1.04 bits per heavy atom. The Morgan fingerprint density at radius 2 is 1.64 bits per heavy atom. The van der Waals surface area contributed by atoms with Crippen molar-refractivity contribution in [3.05, 3.63) is 75.8 Å². The van der Waals surface area contributed by atoms with Crippen LogP contribution in [0.5, 0.6) is 5.75 Å². The van der Waals surface area contributed by atoms with Crippen molar-refractivity contribution >= 4 is 23.5 Å². The van der Waals surface area contributed by atoms with E-state index in [4.69, 9.17) is 4.74 Å². The summed E-state index contributed by atoms with van der Waals surface area (Å²) in [7, 11) is 0. The molecule has 0 fully saturated rings. The molecular formula is C21H22N2O5. The van der Waals surface area contributed by atoms with Gasteiger partial charge in [-0.1, -0.05) is 6.08 Å². The van der Waals surface area contributed by atoms with Crippen LogP contribution in [-0.4, -0.2) is 41.2 Å². The first-order valence-electron chi connectivity index (χ1n) is 8.92. The lowest BCUT2D eigenvalue weighted by Crippen LogP contribution is -2.34. The predicted octanol–water partition coefficient (Wildman–Crippen LogP) is 3.74. The monoisotopic (exact) mass is 382 g/mol. The number of amides is 1. The zero-order chi connectivity index (χ0) is 20.5. The maximum Gasteiger partial charge on any atom is 0.269 e. The molecule has 0 aliphatic heterocycles. The van der Waals surface area contributed by atoms with Crippen molar-refractivity contribution in [2.24, 2.45) is 0 Å². The van der Waals surface area contributed by atoms with Gasteiger partial charge in [-0.2, -0.15) is 0 Å². The van der Waals surface area contributed by atoms with Crippen molar-refractivity contribution in [3.8, 4) is 5.75 Å². The van der Waals surface area contributed by atoms with Crippen molar-refractivity contribution in [2.75, 3.05) is 19.7 Å². The van der Waals surface area contributed by atoms with Gasteiger partial charge in [0.25, 0.3) is 11.6 Å². The van der Waals surface area contributed by atoms with Crippen LogP contribution in [0.1, 0.15) is 29.8 Å². The van der Waals surface area contributed by atoms with E-state index in [1.165, 1.54) is 18.2 Å². The third kappa shape index (κ3) is 5.77. The molecule has 0 bridgehead atoms. The lowest BCUT2D eigenvalue weighted by molar-refractivity contribution is -0.384. The van der Waals surface area contributed by atoms with Gasteiger partial charge in [0.2, 0.25) is 0 Å². The number of likely N-dealkylation sites (N-methyl/N-ethyl adjacent to an activating group) is 1. The molecule has 2 aromatic rings. The molecule has 0 saturated heterocycles. The zero-order valence-electron chi connectivity index (χ0n) is 15.8. The second-order valence-electron chi connectivity index (χ2n) is 5.93. The number of nitro benzene ring substituents is 1. The summed E-state index contributed by atoms with van der Waals surface area (Å²) in [4.78, 5) is 36.0. The Kier molecular flexibility index (Phi) is 7.45. The molecule has 7 heteroatoms. The first kappa shape index (κ1) is 20.8. The average Bonchev–Trinajstić information content (AvgIpc) is 2.72. The lowest BCUT2D eigenvalue weighted by Gasteiger charge is -2.18. The number of benzene rings is 2. The van der Waals surface area contributed by atoms with Crippen LogP contribution in [0, 0.1) is 10.1 Å². The molecule has 0 saturated carbocycles. The van der Waals surface area contributed by atoms with Gasteiger partial charge in [-0.3, -0.25) is 19.7 Å². The summed E-state index contributed by atoms with van der Waals surface area (Å²) in [5.41, 5.74) is 1.16. The molecular weight excluding hydrogens is 360 g/mol. The van der Waals surface area contributed by atoms with Crippen LogP contribution in [0.3, 0.4) is 0 Å². The number of rotatable bonds is 9. The number of ether oxygens (including phenoxy) is 1. The normalized spacial score (nSPS) is 10.6. The fourth-order valence-corrected chi connectivity index (χ4v) is 2.50. The highest BCUT2D eigenvalue weighted by molar-refractivity contribution is 6.06. The Bertz CT molecular complexity index is 853. The van der Waals surface area contributed by atoms with E-state index in [1.807, 2.05) is 13.8 Å². The van der Waals surface area contributed by atoms with E-state index in [-0.39, 0.29) is 24.0 Å². The van der Waals surface area contributed by atoms with Crippen LogP contribution < -0.4 is 4.74 Å². The smallest absolute Gasteiger partial charge is 0.269 e. The molecule has 0 aliphatic carbocycles.